The maximum atomic E-state index is 13.3. The normalized spacial score (nSPS) is 21.8. The molecule has 3 atom stereocenters. The molecular weight excluding hydrogens is 574 g/mol. The van der Waals surface area contributed by atoms with Crippen LogP contribution in [0.5, 0.6) is 0 Å². The number of thiazole rings is 1. The van der Waals surface area contributed by atoms with Crippen molar-refractivity contribution in [3.05, 3.63) is 69.8 Å². The van der Waals surface area contributed by atoms with Crippen LogP contribution in [-0.2, 0) is 20.8 Å². The second kappa shape index (κ2) is 13.2. The lowest BCUT2D eigenvalue weighted by Gasteiger charge is -2.27. The van der Waals surface area contributed by atoms with E-state index < -0.39 is 41.8 Å². The van der Waals surface area contributed by atoms with Crippen molar-refractivity contribution in [2.24, 2.45) is 5.92 Å². The maximum Gasteiger partial charge on any atom is 0.273 e. The predicted octanol–water partition coefficient (Wildman–Crippen LogP) is 1.51. The molecule has 226 valence electrons. The van der Waals surface area contributed by atoms with Gasteiger partial charge in [0.05, 0.1) is 12.6 Å². The fourth-order valence-electron chi connectivity index (χ4n) is 4.96. The first-order valence-corrected chi connectivity index (χ1v) is 15.0. The molecule has 2 aliphatic rings. The van der Waals surface area contributed by atoms with E-state index >= 15 is 0 Å². The molecule has 2 aromatic heterocycles. The van der Waals surface area contributed by atoms with E-state index in [1.54, 1.807) is 5.38 Å². The molecule has 4 heterocycles. The largest absolute Gasteiger partial charge is 0.446 e. The van der Waals surface area contributed by atoms with Crippen molar-refractivity contribution in [3.63, 3.8) is 0 Å². The van der Waals surface area contributed by atoms with Gasteiger partial charge in [0.2, 0.25) is 23.6 Å². The molecule has 0 aliphatic carbocycles. The van der Waals surface area contributed by atoms with Gasteiger partial charge < -0.3 is 30.6 Å². The van der Waals surface area contributed by atoms with Gasteiger partial charge in [0.1, 0.15) is 29.0 Å². The van der Waals surface area contributed by atoms with Crippen LogP contribution >= 0.6 is 11.3 Å². The van der Waals surface area contributed by atoms with Crippen LogP contribution in [-0.4, -0.2) is 70.1 Å². The van der Waals surface area contributed by atoms with Gasteiger partial charge in [0.15, 0.2) is 5.69 Å². The SMILES string of the molecule is CC(C)[C@@H]1NC(=O)CN(C(=O)[C@H]2CCC(=O)N2)CCNC(=O)c2coc(n2)[C@H](Cc2ccccc2)NC(=O)c2csc1n2. The van der Waals surface area contributed by atoms with E-state index in [4.69, 9.17) is 4.42 Å². The Bertz CT molecular complexity index is 1500. The van der Waals surface area contributed by atoms with Gasteiger partial charge in [-0.15, -0.1) is 11.3 Å². The second-order valence-corrected chi connectivity index (χ2v) is 11.7. The number of nitrogens with one attached hydrogen (secondary N) is 4. The van der Waals surface area contributed by atoms with Gasteiger partial charge in [-0.1, -0.05) is 44.2 Å². The Morgan fingerprint density at radius 3 is 2.53 bits per heavy atom. The smallest absolute Gasteiger partial charge is 0.273 e. The molecule has 0 spiro atoms. The Balaban J connectivity index is 1.45. The molecule has 1 aromatic carbocycles. The molecule has 0 radical (unpaired) electrons. The van der Waals surface area contributed by atoms with Crippen LogP contribution in [0.15, 0.2) is 46.4 Å². The third-order valence-corrected chi connectivity index (χ3v) is 8.18. The molecule has 13 nitrogen and oxygen atoms in total. The van der Waals surface area contributed by atoms with Crippen LogP contribution in [0.25, 0.3) is 0 Å². The zero-order chi connectivity index (χ0) is 30.5. The molecular formula is C29H33N7O6S. The number of nitrogens with zero attached hydrogens (tertiary/aromatic N) is 3. The first-order chi connectivity index (χ1) is 20.7. The lowest BCUT2D eigenvalue weighted by Crippen LogP contribution is -2.51. The average molecular weight is 608 g/mol. The summed E-state index contributed by atoms with van der Waals surface area (Å²) in [6.07, 6.45) is 2.11. The maximum absolute atomic E-state index is 13.3. The van der Waals surface area contributed by atoms with E-state index in [1.807, 2.05) is 44.2 Å². The molecule has 1 saturated heterocycles. The number of rotatable bonds is 4. The van der Waals surface area contributed by atoms with Gasteiger partial charge in [0, 0.05) is 31.3 Å². The Morgan fingerprint density at radius 1 is 1.02 bits per heavy atom. The van der Waals surface area contributed by atoms with E-state index in [1.165, 1.54) is 22.5 Å². The van der Waals surface area contributed by atoms with E-state index in [2.05, 4.69) is 31.2 Å². The number of hydrogen-bond acceptors (Lipinski definition) is 9. The van der Waals surface area contributed by atoms with Crippen LogP contribution in [0.2, 0.25) is 0 Å². The zero-order valence-electron chi connectivity index (χ0n) is 23.8. The number of benzene rings is 1. The number of fused-ring (bicyclic) bond motifs is 4. The van der Waals surface area contributed by atoms with E-state index in [0.717, 1.165) is 5.56 Å². The van der Waals surface area contributed by atoms with Gasteiger partial charge in [-0.05, 0) is 17.9 Å². The predicted molar refractivity (Wildman–Crippen MR) is 155 cm³/mol. The Kier molecular flexibility index (Phi) is 9.14. The molecule has 5 rings (SSSR count). The highest BCUT2D eigenvalue weighted by molar-refractivity contribution is 7.09. The molecule has 43 heavy (non-hydrogen) atoms. The Hall–Kier alpha value is -4.59. The molecule has 1 fully saturated rings. The van der Waals surface area contributed by atoms with Crippen molar-refractivity contribution >= 4 is 40.9 Å². The van der Waals surface area contributed by atoms with E-state index in [9.17, 15) is 24.0 Å². The Labute approximate surface area is 251 Å². The lowest BCUT2D eigenvalue weighted by molar-refractivity contribution is -0.138. The summed E-state index contributed by atoms with van der Waals surface area (Å²) in [6.45, 7) is 3.59. The van der Waals surface area contributed by atoms with Gasteiger partial charge in [-0.3, -0.25) is 24.0 Å². The van der Waals surface area contributed by atoms with Crippen LogP contribution in [0.1, 0.15) is 76.2 Å². The summed E-state index contributed by atoms with van der Waals surface area (Å²) in [5.74, 6) is -2.01. The standard InChI is InChI=1S/C29H33N7O6S/c1-16(2)24-28-34-21(15-43-28)26(40)32-19(12-17-6-4-3-5-7-17)27-33-20(14-42-27)25(39)30-10-11-36(13-23(38)35-24)29(41)18-8-9-22(37)31-18/h3-7,14-16,18-19,24H,8-13H2,1-2H3,(H,30,39)(H,31,37)(H,32,40)(H,35,38)/t18-,19+,24+/m1/s1. The van der Waals surface area contributed by atoms with Crippen molar-refractivity contribution in [3.8, 4) is 0 Å². The fraction of sp³-hybridized carbons (Fsp3) is 0.414. The van der Waals surface area contributed by atoms with Crippen molar-refractivity contribution in [1.29, 1.82) is 0 Å². The summed E-state index contributed by atoms with van der Waals surface area (Å²) in [4.78, 5) is 74.7. The average Bonchev–Trinajstić information content (AvgIpc) is 3.76. The number of carbonyl (C=O) groups excluding carboxylic acids is 5. The minimum atomic E-state index is -0.741. The minimum Gasteiger partial charge on any atom is -0.446 e. The molecule has 5 amide bonds. The van der Waals surface area contributed by atoms with Crippen molar-refractivity contribution in [2.45, 2.75) is 51.2 Å². The van der Waals surface area contributed by atoms with Gasteiger partial charge >= 0.3 is 0 Å². The van der Waals surface area contributed by atoms with Gasteiger partial charge in [-0.25, -0.2) is 9.97 Å². The lowest BCUT2D eigenvalue weighted by atomic mass is 10.0. The highest BCUT2D eigenvalue weighted by atomic mass is 32.1. The number of carbonyl (C=O) groups is 5. The number of amides is 5. The summed E-state index contributed by atoms with van der Waals surface area (Å²) >= 11 is 1.25. The quantitative estimate of drug-likeness (QED) is 0.345. The van der Waals surface area contributed by atoms with Crippen molar-refractivity contribution in [2.75, 3.05) is 19.6 Å². The first kappa shape index (κ1) is 29.9. The van der Waals surface area contributed by atoms with E-state index in [-0.39, 0.29) is 55.2 Å². The first-order valence-electron chi connectivity index (χ1n) is 14.1. The third-order valence-electron chi connectivity index (χ3n) is 7.25. The molecule has 4 N–H and O–H groups in total. The number of aromatic nitrogens is 2. The van der Waals surface area contributed by atoms with Crippen LogP contribution in [0.4, 0.5) is 0 Å². The molecule has 0 saturated carbocycles. The van der Waals surface area contributed by atoms with Crippen LogP contribution < -0.4 is 21.3 Å². The molecule has 14 heteroatoms. The molecule has 3 aromatic rings. The van der Waals surface area contributed by atoms with Crippen LogP contribution in [0, 0.1) is 5.92 Å². The Morgan fingerprint density at radius 2 is 1.81 bits per heavy atom. The minimum absolute atomic E-state index is 0.00202. The fourth-order valence-corrected chi connectivity index (χ4v) is 5.98. The van der Waals surface area contributed by atoms with Crippen LogP contribution in [0.3, 0.4) is 0 Å². The molecule has 0 unspecified atom stereocenters. The van der Waals surface area contributed by atoms with E-state index in [0.29, 0.717) is 17.8 Å². The third kappa shape index (κ3) is 7.25. The zero-order valence-corrected chi connectivity index (χ0v) is 24.6. The van der Waals surface area contributed by atoms with Crippen molar-refractivity contribution in [1.82, 2.24) is 36.1 Å². The summed E-state index contributed by atoms with van der Waals surface area (Å²) < 4.78 is 5.66. The molecule has 2 aliphatic heterocycles. The topological polar surface area (TPSA) is 176 Å². The highest BCUT2D eigenvalue weighted by Crippen LogP contribution is 2.26. The monoisotopic (exact) mass is 607 g/mol. The number of oxazole rings is 1. The highest BCUT2D eigenvalue weighted by Gasteiger charge is 2.33. The summed E-state index contributed by atoms with van der Waals surface area (Å²) in [5.41, 5.74) is 1.08. The summed E-state index contributed by atoms with van der Waals surface area (Å²) in [6, 6.07) is 7.52. The van der Waals surface area contributed by atoms with Gasteiger partial charge in [0.25, 0.3) is 11.8 Å². The second-order valence-electron chi connectivity index (χ2n) is 10.8. The summed E-state index contributed by atoms with van der Waals surface area (Å²) in [5, 5.41) is 13.4. The van der Waals surface area contributed by atoms with Crippen molar-refractivity contribution < 1.29 is 28.4 Å². The van der Waals surface area contributed by atoms with Gasteiger partial charge in [-0.2, -0.15) is 0 Å². The summed E-state index contributed by atoms with van der Waals surface area (Å²) in [7, 11) is 0. The number of hydrogen-bond donors (Lipinski definition) is 4. The molecule has 4 bridgehead atoms.